The summed E-state index contributed by atoms with van der Waals surface area (Å²) in [6, 6.07) is 77.6. The maximum Gasteiger partial charge on any atom is 0.166 e. The molecule has 2 aromatic heterocycles. The molecule has 0 fully saturated rings. The fourth-order valence-corrected chi connectivity index (χ4v) is 9.14. The molecular formula is C57H36N4. The molecule has 4 heteroatoms. The normalized spacial score (nSPS) is 11.6. The molecule has 0 saturated heterocycles. The van der Waals surface area contributed by atoms with Crippen molar-refractivity contribution >= 4 is 54.1 Å². The Kier molecular flexibility index (Phi) is 8.13. The summed E-state index contributed by atoms with van der Waals surface area (Å²) in [5.41, 5.74) is 10.6. The van der Waals surface area contributed by atoms with Crippen LogP contribution in [0.25, 0.3) is 116 Å². The van der Waals surface area contributed by atoms with E-state index in [1.54, 1.807) is 0 Å². The van der Waals surface area contributed by atoms with Gasteiger partial charge in [0.2, 0.25) is 0 Å². The van der Waals surface area contributed by atoms with Gasteiger partial charge in [-0.25, -0.2) is 15.0 Å². The molecule has 12 rings (SSSR count). The SMILES string of the molecule is c1ccc(-c2ccc(-c3nc(-c4ccccc4)nc(-c4ccc5c6ccccc6c6ccccc6c5c4)n3)c(-n3c4ccccc4c4ccc(-c5ccccc5)cc43)c2)cc1. The second-order valence-corrected chi connectivity index (χ2v) is 15.6. The number of benzene rings is 10. The van der Waals surface area contributed by atoms with Gasteiger partial charge in [0.25, 0.3) is 0 Å². The molecule has 12 aromatic rings. The first-order chi connectivity index (χ1) is 30.2. The second kappa shape index (κ2) is 14.3. The third kappa shape index (κ3) is 5.88. The van der Waals surface area contributed by atoms with Gasteiger partial charge < -0.3 is 4.57 Å². The molecule has 0 spiro atoms. The average molecular weight is 777 g/mol. The summed E-state index contributed by atoms with van der Waals surface area (Å²) in [7, 11) is 0. The molecule has 0 radical (unpaired) electrons. The lowest BCUT2D eigenvalue weighted by molar-refractivity contribution is 1.07. The Balaban J connectivity index is 1.14. The number of hydrogen-bond acceptors (Lipinski definition) is 3. The Morgan fingerprint density at radius 1 is 0.246 bits per heavy atom. The standard InChI is InChI=1S/C57H36N4/c1-4-16-37(17-5-1)40-28-32-49-48-26-14-15-27-52(48)61(53(49)35-40)54-36-41(38-18-6-2-7-19-38)29-33-50(54)57-59-55(39-20-8-3-9-21-39)58-56(60-57)42-30-31-47-45-24-11-10-22-43(45)44-23-12-13-25-46(44)51(47)34-42/h1-36H. The summed E-state index contributed by atoms with van der Waals surface area (Å²) in [6.07, 6.45) is 0. The Bertz CT molecular complexity index is 3600. The van der Waals surface area contributed by atoms with Crippen LogP contribution in [0.15, 0.2) is 218 Å². The van der Waals surface area contributed by atoms with Crippen LogP contribution in [-0.2, 0) is 0 Å². The van der Waals surface area contributed by atoms with Crippen molar-refractivity contribution in [3.63, 3.8) is 0 Å². The van der Waals surface area contributed by atoms with Crippen molar-refractivity contribution < 1.29 is 0 Å². The van der Waals surface area contributed by atoms with E-state index in [0.717, 1.165) is 50.1 Å². The van der Waals surface area contributed by atoms with Crippen molar-refractivity contribution in [2.24, 2.45) is 0 Å². The smallest absolute Gasteiger partial charge is 0.166 e. The minimum Gasteiger partial charge on any atom is -0.308 e. The molecule has 0 amide bonds. The van der Waals surface area contributed by atoms with Crippen LogP contribution in [0.2, 0.25) is 0 Å². The molecule has 10 aromatic carbocycles. The number of hydrogen-bond donors (Lipinski definition) is 0. The Labute approximate surface area is 352 Å². The second-order valence-electron chi connectivity index (χ2n) is 15.6. The predicted octanol–water partition coefficient (Wildman–Crippen LogP) is 14.8. The molecule has 0 aliphatic heterocycles. The van der Waals surface area contributed by atoms with Gasteiger partial charge in [-0.3, -0.25) is 0 Å². The molecule has 0 atom stereocenters. The lowest BCUT2D eigenvalue weighted by Crippen LogP contribution is -2.04. The van der Waals surface area contributed by atoms with E-state index in [-0.39, 0.29) is 0 Å². The first-order valence-corrected chi connectivity index (χ1v) is 20.7. The largest absolute Gasteiger partial charge is 0.308 e. The van der Waals surface area contributed by atoms with Crippen molar-refractivity contribution in [3.05, 3.63) is 218 Å². The van der Waals surface area contributed by atoms with Crippen LogP contribution in [0.3, 0.4) is 0 Å². The van der Waals surface area contributed by atoms with Crippen LogP contribution in [0.1, 0.15) is 0 Å². The summed E-state index contributed by atoms with van der Waals surface area (Å²) in [5.74, 6) is 1.84. The fraction of sp³-hybridized carbons (Fsp3) is 0. The van der Waals surface area contributed by atoms with Gasteiger partial charge in [-0.1, -0.05) is 188 Å². The molecule has 2 heterocycles. The van der Waals surface area contributed by atoms with Crippen molar-refractivity contribution in [3.8, 4) is 62.1 Å². The van der Waals surface area contributed by atoms with Crippen LogP contribution >= 0.6 is 0 Å². The van der Waals surface area contributed by atoms with Gasteiger partial charge in [-0.2, -0.15) is 0 Å². The van der Waals surface area contributed by atoms with E-state index in [1.807, 2.05) is 18.2 Å². The highest BCUT2D eigenvalue weighted by Gasteiger charge is 2.21. The molecule has 0 aliphatic rings. The molecule has 0 saturated carbocycles. The van der Waals surface area contributed by atoms with E-state index in [0.29, 0.717) is 17.5 Å². The number of para-hydroxylation sites is 1. The lowest BCUT2D eigenvalue weighted by Gasteiger charge is -2.17. The molecule has 0 N–H and O–H groups in total. The van der Waals surface area contributed by atoms with Crippen molar-refractivity contribution in [1.82, 2.24) is 19.5 Å². The summed E-state index contributed by atoms with van der Waals surface area (Å²) in [5, 5.41) is 9.66. The zero-order valence-electron chi connectivity index (χ0n) is 33.1. The van der Waals surface area contributed by atoms with Gasteiger partial charge in [0.05, 0.1) is 16.7 Å². The molecule has 61 heavy (non-hydrogen) atoms. The molecule has 0 bridgehead atoms. The fourth-order valence-electron chi connectivity index (χ4n) is 9.14. The third-order valence-corrected chi connectivity index (χ3v) is 12.0. The quantitative estimate of drug-likeness (QED) is 0.158. The minimum atomic E-state index is 0.604. The van der Waals surface area contributed by atoms with Crippen molar-refractivity contribution in [2.45, 2.75) is 0 Å². The van der Waals surface area contributed by atoms with Gasteiger partial charge >= 0.3 is 0 Å². The molecule has 284 valence electrons. The van der Waals surface area contributed by atoms with Gasteiger partial charge in [0.15, 0.2) is 17.5 Å². The summed E-state index contributed by atoms with van der Waals surface area (Å²) in [4.78, 5) is 15.9. The van der Waals surface area contributed by atoms with Crippen LogP contribution in [0.4, 0.5) is 0 Å². The summed E-state index contributed by atoms with van der Waals surface area (Å²) >= 11 is 0. The number of fused-ring (bicyclic) bond motifs is 9. The molecule has 0 aliphatic carbocycles. The van der Waals surface area contributed by atoms with E-state index in [4.69, 9.17) is 15.0 Å². The Morgan fingerprint density at radius 2 is 0.672 bits per heavy atom. The topological polar surface area (TPSA) is 43.6 Å². The van der Waals surface area contributed by atoms with E-state index in [9.17, 15) is 0 Å². The number of aromatic nitrogens is 4. The first kappa shape index (κ1) is 34.8. The maximum atomic E-state index is 5.41. The van der Waals surface area contributed by atoms with E-state index in [1.165, 1.54) is 48.7 Å². The van der Waals surface area contributed by atoms with Gasteiger partial charge in [0.1, 0.15) is 0 Å². The molecule has 0 unspecified atom stereocenters. The lowest BCUT2D eigenvalue weighted by atomic mass is 9.93. The Morgan fingerprint density at radius 3 is 1.31 bits per heavy atom. The zero-order chi connectivity index (χ0) is 40.3. The van der Waals surface area contributed by atoms with Gasteiger partial charge in [-0.05, 0) is 84.9 Å². The Hall–Kier alpha value is -8.21. The van der Waals surface area contributed by atoms with Crippen LogP contribution < -0.4 is 0 Å². The predicted molar refractivity (Wildman–Crippen MR) is 254 cm³/mol. The third-order valence-electron chi connectivity index (χ3n) is 12.0. The maximum absolute atomic E-state index is 5.41. The molecular weight excluding hydrogens is 741 g/mol. The van der Waals surface area contributed by atoms with Crippen molar-refractivity contribution in [1.29, 1.82) is 0 Å². The van der Waals surface area contributed by atoms with Crippen molar-refractivity contribution in [2.75, 3.05) is 0 Å². The average Bonchev–Trinajstić information content (AvgIpc) is 3.68. The number of rotatable bonds is 6. The summed E-state index contributed by atoms with van der Waals surface area (Å²) < 4.78 is 2.40. The zero-order valence-corrected chi connectivity index (χ0v) is 33.1. The summed E-state index contributed by atoms with van der Waals surface area (Å²) in [6.45, 7) is 0. The highest BCUT2D eigenvalue weighted by molar-refractivity contribution is 6.25. The van der Waals surface area contributed by atoms with Gasteiger partial charge in [0, 0.05) is 27.5 Å². The van der Waals surface area contributed by atoms with Crippen LogP contribution in [-0.4, -0.2) is 19.5 Å². The van der Waals surface area contributed by atoms with E-state index >= 15 is 0 Å². The molecule has 4 nitrogen and oxygen atoms in total. The van der Waals surface area contributed by atoms with E-state index in [2.05, 4.69) is 205 Å². The monoisotopic (exact) mass is 776 g/mol. The highest BCUT2D eigenvalue weighted by Crippen LogP contribution is 2.41. The van der Waals surface area contributed by atoms with E-state index < -0.39 is 0 Å². The highest BCUT2D eigenvalue weighted by atomic mass is 15.1. The first-order valence-electron chi connectivity index (χ1n) is 20.7. The number of nitrogens with zero attached hydrogens (tertiary/aromatic N) is 4. The van der Waals surface area contributed by atoms with Gasteiger partial charge in [-0.15, -0.1) is 0 Å². The van der Waals surface area contributed by atoms with Crippen LogP contribution in [0, 0.1) is 0 Å². The van der Waals surface area contributed by atoms with Crippen LogP contribution in [0.5, 0.6) is 0 Å². The minimum absolute atomic E-state index is 0.604.